The van der Waals surface area contributed by atoms with Crippen LogP contribution in [0.15, 0.2) is 18.3 Å². The summed E-state index contributed by atoms with van der Waals surface area (Å²) >= 11 is 0. The first-order valence-corrected chi connectivity index (χ1v) is 6.03. The molecule has 0 fully saturated rings. The zero-order valence-electron chi connectivity index (χ0n) is 11.2. The first kappa shape index (κ1) is 14.9. The number of rotatable bonds is 6. The molecule has 0 spiro atoms. The number of carboxylic acids is 1. The molecule has 0 aliphatic heterocycles. The van der Waals surface area contributed by atoms with Gasteiger partial charge in [-0.2, -0.15) is 0 Å². The van der Waals surface area contributed by atoms with Gasteiger partial charge in [0, 0.05) is 12.3 Å². The van der Waals surface area contributed by atoms with E-state index in [-0.39, 0.29) is 5.92 Å². The number of nitrogens with zero attached hydrogens (tertiary/aromatic N) is 1. The Labute approximate surface area is 111 Å². The molecule has 1 aromatic heterocycles. The third-order valence-electron chi connectivity index (χ3n) is 2.97. The highest BCUT2D eigenvalue weighted by Gasteiger charge is 2.25. The van der Waals surface area contributed by atoms with Crippen molar-refractivity contribution in [2.24, 2.45) is 5.92 Å². The van der Waals surface area contributed by atoms with E-state index in [1.165, 1.54) is 19.4 Å². The lowest BCUT2D eigenvalue weighted by Crippen LogP contribution is -2.45. The number of carbonyl (C=O) groups is 2. The lowest BCUT2D eigenvalue weighted by atomic mass is 9.99. The fourth-order valence-electron chi connectivity index (χ4n) is 1.54. The average Bonchev–Trinajstić information content (AvgIpc) is 2.43. The molecular formula is C13H18N2O4. The van der Waals surface area contributed by atoms with Gasteiger partial charge in [0.25, 0.3) is 5.91 Å². The molecule has 1 aromatic rings. The van der Waals surface area contributed by atoms with Gasteiger partial charge in [-0.3, -0.25) is 4.79 Å². The van der Waals surface area contributed by atoms with Crippen molar-refractivity contribution in [3.8, 4) is 5.88 Å². The number of amides is 1. The molecule has 1 heterocycles. The number of nitrogens with one attached hydrogen (secondary N) is 1. The predicted octanol–water partition coefficient (Wildman–Crippen LogP) is 1.32. The number of aliphatic carboxylic acids is 1. The number of aromatic nitrogens is 1. The molecule has 104 valence electrons. The summed E-state index contributed by atoms with van der Waals surface area (Å²) in [5.41, 5.74) is 0.301. The maximum absolute atomic E-state index is 11.9. The molecule has 2 atom stereocenters. The highest BCUT2D eigenvalue weighted by molar-refractivity contribution is 5.96. The summed E-state index contributed by atoms with van der Waals surface area (Å²) in [7, 11) is 1.48. The zero-order chi connectivity index (χ0) is 14.4. The van der Waals surface area contributed by atoms with Crippen molar-refractivity contribution in [1.82, 2.24) is 10.3 Å². The van der Waals surface area contributed by atoms with Crippen LogP contribution < -0.4 is 10.1 Å². The largest absolute Gasteiger partial charge is 0.481 e. The Bertz CT molecular complexity index is 444. The van der Waals surface area contributed by atoms with Crippen molar-refractivity contribution in [1.29, 1.82) is 0 Å². The van der Waals surface area contributed by atoms with Crippen LogP contribution in [0.5, 0.6) is 5.88 Å². The van der Waals surface area contributed by atoms with Gasteiger partial charge in [-0.25, -0.2) is 9.78 Å². The maximum atomic E-state index is 11.9. The summed E-state index contributed by atoms with van der Waals surface area (Å²) in [6, 6.07) is 2.18. The van der Waals surface area contributed by atoms with Crippen molar-refractivity contribution in [2.75, 3.05) is 7.11 Å². The first-order valence-electron chi connectivity index (χ1n) is 6.03. The lowest BCUT2D eigenvalue weighted by Gasteiger charge is -2.20. The summed E-state index contributed by atoms with van der Waals surface area (Å²) in [6.45, 7) is 3.66. The summed E-state index contributed by atoms with van der Waals surface area (Å²) in [5.74, 6) is -1.24. The van der Waals surface area contributed by atoms with Gasteiger partial charge in [-0.1, -0.05) is 20.3 Å². The normalized spacial score (nSPS) is 13.4. The van der Waals surface area contributed by atoms with Crippen LogP contribution in [0, 0.1) is 5.92 Å². The zero-order valence-corrected chi connectivity index (χ0v) is 11.2. The molecule has 2 N–H and O–H groups in total. The Balaban J connectivity index is 2.78. The fourth-order valence-corrected chi connectivity index (χ4v) is 1.54. The molecule has 0 saturated carbocycles. The smallest absolute Gasteiger partial charge is 0.326 e. The monoisotopic (exact) mass is 266 g/mol. The number of methoxy groups -OCH3 is 1. The topological polar surface area (TPSA) is 88.5 Å². The molecule has 0 aliphatic carbocycles. The average molecular weight is 266 g/mol. The molecule has 0 saturated heterocycles. The summed E-state index contributed by atoms with van der Waals surface area (Å²) in [5, 5.41) is 11.6. The Hall–Kier alpha value is -2.11. The number of hydrogen-bond acceptors (Lipinski definition) is 4. The number of ether oxygens (including phenoxy) is 1. The highest BCUT2D eigenvalue weighted by Crippen LogP contribution is 2.10. The molecular weight excluding hydrogens is 248 g/mol. The summed E-state index contributed by atoms with van der Waals surface area (Å²) < 4.78 is 4.89. The van der Waals surface area contributed by atoms with E-state index in [9.17, 15) is 9.59 Å². The van der Waals surface area contributed by atoms with Crippen LogP contribution in [0.3, 0.4) is 0 Å². The molecule has 2 unspecified atom stereocenters. The Morgan fingerprint density at radius 1 is 1.47 bits per heavy atom. The minimum Gasteiger partial charge on any atom is -0.481 e. The van der Waals surface area contributed by atoms with Crippen molar-refractivity contribution in [2.45, 2.75) is 26.3 Å². The fraction of sp³-hybridized carbons (Fsp3) is 0.462. The van der Waals surface area contributed by atoms with Crippen LogP contribution >= 0.6 is 0 Å². The predicted molar refractivity (Wildman–Crippen MR) is 69.1 cm³/mol. The molecule has 0 aliphatic rings. The number of carboxylic acid groups (broad SMARTS) is 1. The molecule has 1 rings (SSSR count). The molecule has 19 heavy (non-hydrogen) atoms. The first-order chi connectivity index (χ1) is 8.99. The quantitative estimate of drug-likeness (QED) is 0.810. The molecule has 0 aromatic carbocycles. The van der Waals surface area contributed by atoms with Crippen LogP contribution in [0.4, 0.5) is 0 Å². The van der Waals surface area contributed by atoms with Gasteiger partial charge >= 0.3 is 5.97 Å². The van der Waals surface area contributed by atoms with E-state index in [1.807, 2.05) is 6.92 Å². The minimum atomic E-state index is -1.04. The van der Waals surface area contributed by atoms with E-state index in [4.69, 9.17) is 9.84 Å². The van der Waals surface area contributed by atoms with E-state index in [2.05, 4.69) is 10.3 Å². The molecule has 6 heteroatoms. The van der Waals surface area contributed by atoms with E-state index < -0.39 is 17.9 Å². The van der Waals surface area contributed by atoms with Crippen LogP contribution in [0.25, 0.3) is 0 Å². The van der Waals surface area contributed by atoms with Gasteiger partial charge in [0.15, 0.2) is 0 Å². The summed E-state index contributed by atoms with van der Waals surface area (Å²) in [6.07, 6.45) is 2.02. The van der Waals surface area contributed by atoms with Crippen molar-refractivity contribution in [3.63, 3.8) is 0 Å². The second-order valence-electron chi connectivity index (χ2n) is 4.26. The van der Waals surface area contributed by atoms with Gasteiger partial charge in [0.05, 0.1) is 12.7 Å². The number of hydrogen-bond donors (Lipinski definition) is 2. The molecule has 0 radical (unpaired) electrons. The minimum absolute atomic E-state index is 0.146. The highest BCUT2D eigenvalue weighted by atomic mass is 16.5. The van der Waals surface area contributed by atoms with Crippen molar-refractivity contribution < 1.29 is 19.4 Å². The molecule has 1 amide bonds. The van der Waals surface area contributed by atoms with Crippen molar-refractivity contribution in [3.05, 3.63) is 23.9 Å². The Kier molecular flexibility index (Phi) is 5.29. The number of pyridine rings is 1. The van der Waals surface area contributed by atoms with E-state index in [0.717, 1.165) is 0 Å². The van der Waals surface area contributed by atoms with E-state index >= 15 is 0 Å². The third-order valence-corrected chi connectivity index (χ3v) is 2.97. The van der Waals surface area contributed by atoms with Crippen LogP contribution in [-0.4, -0.2) is 35.1 Å². The molecule has 0 bridgehead atoms. The van der Waals surface area contributed by atoms with Crippen LogP contribution in [0.2, 0.25) is 0 Å². The van der Waals surface area contributed by atoms with Gasteiger partial charge in [-0.05, 0) is 12.0 Å². The van der Waals surface area contributed by atoms with Gasteiger partial charge in [0.1, 0.15) is 6.04 Å². The second kappa shape index (κ2) is 6.72. The van der Waals surface area contributed by atoms with Crippen LogP contribution in [-0.2, 0) is 4.79 Å². The lowest BCUT2D eigenvalue weighted by molar-refractivity contribution is -0.140. The van der Waals surface area contributed by atoms with Crippen molar-refractivity contribution >= 4 is 11.9 Å². The number of carbonyl (C=O) groups excluding carboxylic acids is 1. The van der Waals surface area contributed by atoms with Gasteiger partial charge in [-0.15, -0.1) is 0 Å². The third kappa shape index (κ3) is 3.94. The van der Waals surface area contributed by atoms with Gasteiger partial charge < -0.3 is 15.2 Å². The SMILES string of the molecule is CCC(C)C(NC(=O)c1ccc(OC)nc1)C(=O)O. The summed E-state index contributed by atoms with van der Waals surface area (Å²) in [4.78, 5) is 26.9. The Morgan fingerprint density at radius 3 is 2.58 bits per heavy atom. The van der Waals surface area contributed by atoms with E-state index in [0.29, 0.717) is 17.9 Å². The van der Waals surface area contributed by atoms with Crippen LogP contribution in [0.1, 0.15) is 30.6 Å². The standard InChI is InChI=1S/C13H18N2O4/c1-4-8(2)11(13(17)18)15-12(16)9-5-6-10(19-3)14-7-9/h5-8,11H,4H2,1-3H3,(H,15,16)(H,17,18). The maximum Gasteiger partial charge on any atom is 0.326 e. The Morgan fingerprint density at radius 2 is 2.16 bits per heavy atom. The van der Waals surface area contributed by atoms with E-state index in [1.54, 1.807) is 13.0 Å². The molecule has 6 nitrogen and oxygen atoms in total. The second-order valence-corrected chi connectivity index (χ2v) is 4.26. The van der Waals surface area contributed by atoms with Gasteiger partial charge in [0.2, 0.25) is 5.88 Å².